The molecule has 2 aliphatic heterocycles. The lowest BCUT2D eigenvalue weighted by molar-refractivity contribution is -0.110. The van der Waals surface area contributed by atoms with Gasteiger partial charge in [0.15, 0.2) is 4.80 Å². The van der Waals surface area contributed by atoms with Crippen LogP contribution in [0, 0.1) is 0 Å². The molecule has 2 aromatic carbocycles. The van der Waals surface area contributed by atoms with Crippen molar-refractivity contribution in [3.05, 3.63) is 78.8 Å². The highest BCUT2D eigenvalue weighted by atomic mass is 32.1. The topological polar surface area (TPSA) is 104 Å². The van der Waals surface area contributed by atoms with Gasteiger partial charge in [0, 0.05) is 16.9 Å². The first-order chi connectivity index (χ1) is 15.0. The summed E-state index contributed by atoms with van der Waals surface area (Å²) in [5, 5.41) is 12.1. The predicted molar refractivity (Wildman–Crippen MR) is 117 cm³/mol. The maximum atomic E-state index is 13.3. The van der Waals surface area contributed by atoms with Crippen molar-refractivity contribution in [1.29, 1.82) is 0 Å². The number of carboxylic acid groups (broad SMARTS) is 1. The van der Waals surface area contributed by atoms with E-state index in [2.05, 4.69) is 10.3 Å². The number of hydrogen-bond acceptors (Lipinski definition) is 6. The van der Waals surface area contributed by atoms with Crippen molar-refractivity contribution >= 4 is 40.2 Å². The van der Waals surface area contributed by atoms with Gasteiger partial charge in [-0.2, -0.15) is 0 Å². The number of nitrogens with one attached hydrogen (secondary N) is 1. The molecule has 1 amide bonds. The van der Waals surface area contributed by atoms with Gasteiger partial charge < -0.3 is 15.3 Å². The number of fused-ring (bicyclic) bond motifs is 2. The Morgan fingerprint density at radius 2 is 2.06 bits per heavy atom. The second kappa shape index (κ2) is 7.21. The third kappa shape index (κ3) is 3.14. The molecule has 0 fully saturated rings. The second-order valence-electron chi connectivity index (χ2n) is 7.35. The summed E-state index contributed by atoms with van der Waals surface area (Å²) < 4.78 is 1.89. The average Bonchev–Trinajstić information content (AvgIpc) is 3.28. The lowest BCUT2D eigenvalue weighted by Gasteiger charge is -2.25. The normalized spacial score (nSPS) is 16.4. The Morgan fingerprint density at radius 1 is 1.23 bits per heavy atom. The van der Waals surface area contributed by atoms with Crippen molar-refractivity contribution in [2.75, 3.05) is 16.9 Å². The molecule has 2 N–H and O–H groups in total. The zero-order valence-corrected chi connectivity index (χ0v) is 17.4. The highest BCUT2D eigenvalue weighted by Gasteiger charge is 2.28. The van der Waals surface area contributed by atoms with Crippen molar-refractivity contribution in [1.82, 2.24) is 4.57 Å². The third-order valence-electron chi connectivity index (χ3n) is 5.47. The van der Waals surface area contributed by atoms with E-state index in [1.807, 2.05) is 30.0 Å². The third-order valence-corrected chi connectivity index (χ3v) is 6.59. The van der Waals surface area contributed by atoms with Crippen LogP contribution in [0.3, 0.4) is 0 Å². The molecular formula is C22H18N4O4S. The Labute approximate surface area is 180 Å². The first-order valence-corrected chi connectivity index (χ1v) is 10.6. The number of carboxylic acids is 1. The lowest BCUT2D eigenvalue weighted by atomic mass is 10.0. The SMILES string of the molecule is CCc1ccc2c(c1)/C(=c1/sc3n(c1=O)CN(c1cccc(C(=O)O)c1)CN=3)C(=O)N2. The van der Waals surface area contributed by atoms with Crippen LogP contribution in [0.1, 0.15) is 28.4 Å². The van der Waals surface area contributed by atoms with E-state index in [1.165, 1.54) is 22.0 Å². The number of aromatic carboxylic acids is 1. The Bertz CT molecular complexity index is 1440. The van der Waals surface area contributed by atoms with Gasteiger partial charge in [-0.15, -0.1) is 0 Å². The Kier molecular flexibility index (Phi) is 4.48. The van der Waals surface area contributed by atoms with Gasteiger partial charge >= 0.3 is 5.97 Å². The molecule has 0 bridgehead atoms. The molecule has 5 rings (SSSR count). The molecule has 0 aliphatic carbocycles. The van der Waals surface area contributed by atoms with Crippen molar-refractivity contribution in [2.24, 2.45) is 4.99 Å². The predicted octanol–water partition coefficient (Wildman–Crippen LogP) is 1.38. The molecule has 156 valence electrons. The molecule has 0 saturated heterocycles. The lowest BCUT2D eigenvalue weighted by Crippen LogP contribution is -2.43. The zero-order valence-electron chi connectivity index (χ0n) is 16.6. The van der Waals surface area contributed by atoms with E-state index in [-0.39, 0.29) is 23.7 Å². The fraction of sp³-hybridized carbons (Fsp3) is 0.182. The summed E-state index contributed by atoms with van der Waals surface area (Å²) in [7, 11) is 0. The van der Waals surface area contributed by atoms with Crippen molar-refractivity contribution < 1.29 is 14.7 Å². The molecule has 8 nitrogen and oxygen atoms in total. The van der Waals surface area contributed by atoms with Crippen LogP contribution in [0.4, 0.5) is 11.4 Å². The number of nitrogens with zero attached hydrogens (tertiary/aromatic N) is 3. The van der Waals surface area contributed by atoms with Gasteiger partial charge in [-0.05, 0) is 42.3 Å². The first-order valence-electron chi connectivity index (χ1n) is 9.77. The minimum Gasteiger partial charge on any atom is -0.478 e. The van der Waals surface area contributed by atoms with E-state index in [4.69, 9.17) is 0 Å². The number of amides is 1. The standard InChI is InChI=1S/C22H18N4O4S/c1-2-12-6-7-16-15(8-12)17(19(27)24-16)18-20(28)26-11-25(10-23-22(26)31-18)14-5-3-4-13(9-14)21(29)30/h3-9H,2,10-11H2,1H3,(H,24,27)(H,29,30)/b18-17-. The number of anilines is 2. The molecule has 0 radical (unpaired) electrons. The van der Waals surface area contributed by atoms with Gasteiger partial charge in [-0.25, -0.2) is 9.79 Å². The molecule has 0 saturated carbocycles. The van der Waals surface area contributed by atoms with Gasteiger partial charge in [0.25, 0.3) is 11.5 Å². The number of carbonyl (C=O) groups is 2. The number of thiazole rings is 1. The fourth-order valence-corrected chi connectivity index (χ4v) is 4.88. The van der Waals surface area contributed by atoms with E-state index in [9.17, 15) is 19.5 Å². The van der Waals surface area contributed by atoms with E-state index in [1.54, 1.807) is 18.2 Å². The molecule has 0 atom stereocenters. The molecular weight excluding hydrogens is 416 g/mol. The Balaban J connectivity index is 1.61. The van der Waals surface area contributed by atoms with E-state index in [0.29, 0.717) is 33.0 Å². The monoisotopic (exact) mass is 434 g/mol. The van der Waals surface area contributed by atoms with Gasteiger partial charge in [0.1, 0.15) is 17.9 Å². The number of rotatable bonds is 3. The Morgan fingerprint density at radius 3 is 2.84 bits per heavy atom. The van der Waals surface area contributed by atoms with Crippen LogP contribution < -0.4 is 25.1 Å². The first kappa shape index (κ1) is 19.3. The maximum Gasteiger partial charge on any atom is 0.335 e. The number of hydrogen-bond donors (Lipinski definition) is 2. The summed E-state index contributed by atoms with van der Waals surface area (Å²) in [6.07, 6.45) is 0.828. The van der Waals surface area contributed by atoms with Crippen LogP contribution in [0.2, 0.25) is 0 Å². The number of benzene rings is 2. The minimum atomic E-state index is -1.01. The second-order valence-corrected chi connectivity index (χ2v) is 8.32. The van der Waals surface area contributed by atoms with Gasteiger partial charge in [0.2, 0.25) is 0 Å². The maximum absolute atomic E-state index is 13.3. The van der Waals surface area contributed by atoms with Crippen molar-refractivity contribution in [3.63, 3.8) is 0 Å². The molecule has 0 unspecified atom stereocenters. The molecule has 2 aliphatic rings. The van der Waals surface area contributed by atoms with E-state index < -0.39 is 5.97 Å². The van der Waals surface area contributed by atoms with Crippen LogP contribution in [0.5, 0.6) is 0 Å². The number of aromatic nitrogens is 1. The van der Waals surface area contributed by atoms with Crippen LogP contribution in [0.15, 0.2) is 52.3 Å². The van der Waals surface area contributed by atoms with Gasteiger partial charge in [0.05, 0.1) is 11.1 Å². The zero-order chi connectivity index (χ0) is 21.7. The van der Waals surface area contributed by atoms with E-state index in [0.717, 1.165) is 17.5 Å². The largest absolute Gasteiger partial charge is 0.478 e. The average molecular weight is 434 g/mol. The summed E-state index contributed by atoms with van der Waals surface area (Å²) in [5.41, 5.74) is 3.48. The van der Waals surface area contributed by atoms with Gasteiger partial charge in [-0.3, -0.25) is 14.2 Å². The van der Waals surface area contributed by atoms with Crippen molar-refractivity contribution in [2.45, 2.75) is 20.0 Å². The van der Waals surface area contributed by atoms with Crippen LogP contribution in [-0.2, 0) is 17.9 Å². The van der Waals surface area contributed by atoms with Crippen LogP contribution >= 0.6 is 11.3 Å². The Hall–Kier alpha value is -3.72. The molecule has 9 heteroatoms. The van der Waals surface area contributed by atoms with Gasteiger partial charge in [-0.1, -0.05) is 30.4 Å². The summed E-state index contributed by atoms with van der Waals surface area (Å²) in [6.45, 7) is 2.56. The van der Waals surface area contributed by atoms with Crippen LogP contribution in [-0.4, -0.2) is 28.2 Å². The quantitative estimate of drug-likeness (QED) is 0.648. The highest BCUT2D eigenvalue weighted by molar-refractivity contribution is 7.07. The molecule has 3 aromatic rings. The summed E-state index contributed by atoms with van der Waals surface area (Å²) in [6, 6.07) is 12.3. The van der Waals surface area contributed by atoms with E-state index >= 15 is 0 Å². The molecule has 1 aromatic heterocycles. The van der Waals surface area contributed by atoms with Crippen molar-refractivity contribution in [3.8, 4) is 0 Å². The minimum absolute atomic E-state index is 0.170. The molecule has 0 spiro atoms. The summed E-state index contributed by atoms with van der Waals surface area (Å²) in [5.74, 6) is -1.30. The smallest absolute Gasteiger partial charge is 0.335 e. The number of aryl methyl sites for hydroxylation is 1. The highest BCUT2D eigenvalue weighted by Crippen LogP contribution is 2.31. The summed E-state index contributed by atoms with van der Waals surface area (Å²) in [4.78, 5) is 44.1. The van der Waals surface area contributed by atoms with Crippen LogP contribution in [0.25, 0.3) is 5.57 Å². The molecule has 3 heterocycles. The number of carbonyl (C=O) groups excluding carboxylic acids is 1. The summed E-state index contributed by atoms with van der Waals surface area (Å²) >= 11 is 1.21. The fourth-order valence-electron chi connectivity index (χ4n) is 3.82. The molecule has 31 heavy (non-hydrogen) atoms.